The third kappa shape index (κ3) is 6.71. The van der Waals surface area contributed by atoms with E-state index in [-0.39, 0.29) is 11.9 Å². The Kier molecular flexibility index (Phi) is 7.32. The third-order valence-electron chi connectivity index (χ3n) is 2.19. The van der Waals surface area contributed by atoms with Crippen molar-refractivity contribution in [1.82, 2.24) is 0 Å². The number of rotatable bonds is 2. The fraction of sp³-hybridized carbons (Fsp3) is 0.636. The summed E-state index contributed by atoms with van der Waals surface area (Å²) in [6.07, 6.45) is 4.97. The highest BCUT2D eigenvalue weighted by atomic mass is 16.5. The number of carbonyl (C=O) groups is 2. The first-order valence-electron chi connectivity index (χ1n) is 5.13. The molecule has 1 fully saturated rings. The lowest BCUT2D eigenvalue weighted by molar-refractivity contribution is -0.147. The zero-order valence-corrected chi connectivity index (χ0v) is 9.07. The van der Waals surface area contributed by atoms with Gasteiger partial charge in [0, 0.05) is 6.08 Å². The van der Waals surface area contributed by atoms with Crippen molar-refractivity contribution < 1.29 is 19.4 Å². The average molecular weight is 214 g/mol. The average Bonchev–Trinajstić information content (AvgIpc) is 2.43. The molecule has 1 unspecified atom stereocenters. The number of hydrogen-bond donors (Lipinski definition) is 1. The highest BCUT2D eigenvalue weighted by Crippen LogP contribution is 2.17. The van der Waals surface area contributed by atoms with Crippen molar-refractivity contribution in [3.05, 3.63) is 12.7 Å². The maximum absolute atomic E-state index is 11.0. The van der Waals surface area contributed by atoms with Crippen molar-refractivity contribution in [2.45, 2.75) is 32.6 Å². The molecule has 0 aromatic carbocycles. The van der Waals surface area contributed by atoms with Crippen molar-refractivity contribution in [1.29, 1.82) is 0 Å². The predicted octanol–water partition coefficient (Wildman–Crippen LogP) is 2.00. The zero-order chi connectivity index (χ0) is 11.7. The smallest absolute Gasteiger partial charge is 0.327 e. The second kappa shape index (κ2) is 8.03. The third-order valence-corrected chi connectivity index (χ3v) is 2.19. The molecule has 1 aliphatic rings. The van der Waals surface area contributed by atoms with E-state index in [9.17, 15) is 9.59 Å². The number of hydrogen-bond acceptors (Lipinski definition) is 3. The monoisotopic (exact) mass is 214 g/mol. The van der Waals surface area contributed by atoms with E-state index in [1.807, 2.05) is 6.92 Å². The molecule has 0 aliphatic carbocycles. The molecule has 1 atom stereocenters. The van der Waals surface area contributed by atoms with Gasteiger partial charge in [-0.25, -0.2) is 4.79 Å². The molecule has 1 saturated heterocycles. The fourth-order valence-electron chi connectivity index (χ4n) is 1.27. The van der Waals surface area contributed by atoms with Gasteiger partial charge in [-0.2, -0.15) is 0 Å². The molecular weight excluding hydrogens is 196 g/mol. The molecule has 86 valence electrons. The molecule has 1 aliphatic heterocycles. The van der Waals surface area contributed by atoms with E-state index in [0.29, 0.717) is 6.61 Å². The van der Waals surface area contributed by atoms with Gasteiger partial charge in [-0.15, -0.1) is 0 Å². The van der Waals surface area contributed by atoms with Crippen LogP contribution in [-0.2, 0) is 14.3 Å². The predicted molar refractivity (Wildman–Crippen MR) is 56.4 cm³/mol. The molecule has 1 heterocycles. The number of ether oxygens (including phenoxy) is 1. The minimum atomic E-state index is -0.981. The first kappa shape index (κ1) is 13.7. The van der Waals surface area contributed by atoms with Crippen LogP contribution in [0.4, 0.5) is 0 Å². The molecule has 0 bridgehead atoms. The lowest BCUT2D eigenvalue weighted by atomic mass is 10.0. The molecule has 0 aromatic heterocycles. The topological polar surface area (TPSA) is 63.6 Å². The van der Waals surface area contributed by atoms with Crippen LogP contribution < -0.4 is 0 Å². The first-order chi connectivity index (χ1) is 7.11. The van der Waals surface area contributed by atoms with Gasteiger partial charge in [0.25, 0.3) is 0 Å². The van der Waals surface area contributed by atoms with Crippen LogP contribution in [0.15, 0.2) is 12.7 Å². The quantitative estimate of drug-likeness (QED) is 0.564. The van der Waals surface area contributed by atoms with Crippen LogP contribution >= 0.6 is 0 Å². The second-order valence-electron chi connectivity index (χ2n) is 3.31. The van der Waals surface area contributed by atoms with Crippen molar-refractivity contribution in [2.24, 2.45) is 5.92 Å². The van der Waals surface area contributed by atoms with Crippen molar-refractivity contribution in [3.8, 4) is 0 Å². The maximum atomic E-state index is 11.0. The number of cyclic esters (lactones) is 1. The van der Waals surface area contributed by atoms with E-state index in [0.717, 1.165) is 31.8 Å². The maximum Gasteiger partial charge on any atom is 0.327 e. The molecule has 0 aromatic rings. The molecule has 0 radical (unpaired) electrons. The van der Waals surface area contributed by atoms with Gasteiger partial charge in [0.15, 0.2) is 0 Å². The number of carboxylic acids is 1. The SMILES string of the molecule is C=CC(=O)O.CCC1CCCCOC1=O. The van der Waals surface area contributed by atoms with Crippen molar-refractivity contribution in [3.63, 3.8) is 0 Å². The van der Waals surface area contributed by atoms with E-state index in [1.54, 1.807) is 0 Å². The molecule has 4 nitrogen and oxygen atoms in total. The van der Waals surface area contributed by atoms with Gasteiger partial charge in [-0.05, 0) is 25.7 Å². The van der Waals surface area contributed by atoms with Crippen LogP contribution in [0.25, 0.3) is 0 Å². The van der Waals surface area contributed by atoms with Gasteiger partial charge in [-0.3, -0.25) is 4.79 Å². The van der Waals surface area contributed by atoms with Gasteiger partial charge < -0.3 is 9.84 Å². The molecular formula is C11H18O4. The Bertz CT molecular complexity index is 223. The van der Waals surface area contributed by atoms with Gasteiger partial charge in [0.2, 0.25) is 0 Å². The highest BCUT2D eigenvalue weighted by Gasteiger charge is 2.19. The van der Waals surface area contributed by atoms with Gasteiger partial charge in [-0.1, -0.05) is 13.5 Å². The summed E-state index contributed by atoms with van der Waals surface area (Å²) in [5.74, 6) is -0.785. The minimum absolute atomic E-state index is 0.0139. The van der Waals surface area contributed by atoms with Crippen LogP contribution in [-0.4, -0.2) is 23.7 Å². The summed E-state index contributed by atoms with van der Waals surface area (Å²) >= 11 is 0. The van der Waals surface area contributed by atoms with E-state index in [1.165, 1.54) is 0 Å². The first-order valence-corrected chi connectivity index (χ1v) is 5.13. The Morgan fingerprint density at radius 1 is 1.67 bits per heavy atom. The summed E-state index contributed by atoms with van der Waals surface area (Å²) in [5.41, 5.74) is 0. The summed E-state index contributed by atoms with van der Waals surface area (Å²) < 4.78 is 4.97. The Hall–Kier alpha value is -1.32. The number of aliphatic carboxylic acids is 1. The number of carbonyl (C=O) groups excluding carboxylic acids is 1. The molecule has 0 spiro atoms. The van der Waals surface area contributed by atoms with Gasteiger partial charge in [0.05, 0.1) is 12.5 Å². The highest BCUT2D eigenvalue weighted by molar-refractivity contribution is 5.78. The van der Waals surface area contributed by atoms with Crippen LogP contribution in [0, 0.1) is 5.92 Å². The Morgan fingerprint density at radius 3 is 2.73 bits per heavy atom. The van der Waals surface area contributed by atoms with Crippen LogP contribution in [0.5, 0.6) is 0 Å². The van der Waals surface area contributed by atoms with Gasteiger partial charge >= 0.3 is 11.9 Å². The van der Waals surface area contributed by atoms with Crippen LogP contribution in [0.2, 0.25) is 0 Å². The Labute approximate surface area is 89.9 Å². The van der Waals surface area contributed by atoms with Gasteiger partial charge in [0.1, 0.15) is 0 Å². The summed E-state index contributed by atoms with van der Waals surface area (Å²) in [5, 5.41) is 7.60. The van der Waals surface area contributed by atoms with E-state index >= 15 is 0 Å². The zero-order valence-electron chi connectivity index (χ0n) is 9.07. The Morgan fingerprint density at radius 2 is 2.27 bits per heavy atom. The summed E-state index contributed by atoms with van der Waals surface area (Å²) in [4.78, 5) is 20.3. The summed E-state index contributed by atoms with van der Waals surface area (Å²) in [6.45, 7) is 5.63. The summed E-state index contributed by atoms with van der Waals surface area (Å²) in [6, 6.07) is 0. The minimum Gasteiger partial charge on any atom is -0.478 e. The lowest BCUT2D eigenvalue weighted by Crippen LogP contribution is -2.14. The summed E-state index contributed by atoms with van der Waals surface area (Å²) in [7, 11) is 0. The molecule has 0 amide bonds. The largest absolute Gasteiger partial charge is 0.478 e. The number of esters is 1. The van der Waals surface area contributed by atoms with Crippen LogP contribution in [0.3, 0.4) is 0 Å². The van der Waals surface area contributed by atoms with Crippen molar-refractivity contribution >= 4 is 11.9 Å². The molecule has 1 N–H and O–H groups in total. The second-order valence-corrected chi connectivity index (χ2v) is 3.31. The Balaban J connectivity index is 0.000000336. The van der Waals surface area contributed by atoms with E-state index in [4.69, 9.17) is 9.84 Å². The molecule has 4 heteroatoms. The lowest BCUT2D eigenvalue weighted by Gasteiger charge is -2.07. The molecule has 0 saturated carbocycles. The normalized spacial score (nSPS) is 20.3. The van der Waals surface area contributed by atoms with Crippen molar-refractivity contribution in [2.75, 3.05) is 6.61 Å². The molecule has 15 heavy (non-hydrogen) atoms. The molecule has 1 rings (SSSR count). The van der Waals surface area contributed by atoms with Crippen LogP contribution in [0.1, 0.15) is 32.6 Å². The standard InChI is InChI=1S/C8H14O2.C3H4O2/c1-2-7-5-3-4-6-10-8(7)9;1-2-3(4)5/h7H,2-6H2,1H3;2H,1H2,(H,4,5). The fourth-order valence-corrected chi connectivity index (χ4v) is 1.27. The van der Waals surface area contributed by atoms with E-state index in [2.05, 4.69) is 6.58 Å². The van der Waals surface area contributed by atoms with E-state index < -0.39 is 5.97 Å². The number of carboxylic acid groups (broad SMARTS) is 1.